The zero-order chi connectivity index (χ0) is 13.9. The molecule has 1 atom stereocenters. The minimum Gasteiger partial charge on any atom is -0.504 e. The fraction of sp³-hybridized carbons (Fsp3) is 0.300. The van der Waals surface area contributed by atoms with Crippen molar-refractivity contribution in [3.05, 3.63) is 23.8 Å². The number of benzene rings is 1. The van der Waals surface area contributed by atoms with Crippen molar-refractivity contribution in [2.24, 2.45) is 5.73 Å². The normalized spacial score (nSPS) is 15.9. The summed E-state index contributed by atoms with van der Waals surface area (Å²) in [6.45, 7) is 0. The highest BCUT2D eigenvalue weighted by Gasteiger charge is 2.13. The second-order valence-electron chi connectivity index (χ2n) is 3.05. The van der Waals surface area contributed by atoms with Crippen LogP contribution in [0.5, 0.6) is 11.5 Å². The van der Waals surface area contributed by atoms with Crippen LogP contribution in [-0.2, 0) is 11.2 Å². The fourth-order valence-electron chi connectivity index (χ4n) is 1.11. The molecule has 0 spiro atoms. The lowest BCUT2D eigenvalue weighted by Gasteiger charge is -2.08. The van der Waals surface area contributed by atoms with E-state index in [0.717, 1.165) is 0 Å². The zero-order valence-electron chi connectivity index (χ0n) is 10.8. The quantitative estimate of drug-likeness (QED) is 0.630. The van der Waals surface area contributed by atoms with Crippen LogP contribution in [0.15, 0.2) is 18.2 Å². The van der Waals surface area contributed by atoms with E-state index in [0.29, 0.717) is 5.56 Å². The molecular weight excluding hydrogens is 199 g/mol. The van der Waals surface area contributed by atoms with E-state index in [1.165, 1.54) is 18.2 Å². The molecular formula is C10H13NO4. The molecule has 0 bridgehead atoms. The van der Waals surface area contributed by atoms with Crippen LogP contribution in [0.2, 0.25) is 0 Å². The Balaban J connectivity index is 2.90. The first kappa shape index (κ1) is 7.53. The molecule has 0 amide bonds. The van der Waals surface area contributed by atoms with Crippen molar-refractivity contribution in [2.75, 3.05) is 7.04 Å². The summed E-state index contributed by atoms with van der Waals surface area (Å²) in [5, 5.41) is 18.1. The van der Waals surface area contributed by atoms with Gasteiger partial charge < -0.3 is 20.7 Å². The van der Waals surface area contributed by atoms with Crippen LogP contribution >= 0.6 is 0 Å². The van der Waals surface area contributed by atoms with E-state index in [2.05, 4.69) is 4.74 Å². The van der Waals surface area contributed by atoms with Gasteiger partial charge in [0.25, 0.3) is 0 Å². The van der Waals surface area contributed by atoms with Gasteiger partial charge >= 0.3 is 5.97 Å². The van der Waals surface area contributed by atoms with E-state index in [9.17, 15) is 9.90 Å². The molecule has 5 nitrogen and oxygen atoms in total. The SMILES string of the molecule is [2H][13C]([2H])([2H])Oc1cc(CC(N)C(=O)O)ccc1O. The maximum atomic E-state index is 10.6. The number of aromatic hydroxyl groups is 1. The Bertz CT molecular complexity index is 447. The average Bonchev–Trinajstić information content (AvgIpc) is 2.20. The van der Waals surface area contributed by atoms with Gasteiger partial charge in [0.05, 0.1) is 11.2 Å². The summed E-state index contributed by atoms with van der Waals surface area (Å²) in [6.07, 6.45) is 0.00692. The smallest absolute Gasteiger partial charge is 0.320 e. The van der Waals surface area contributed by atoms with Crippen LogP contribution in [0.25, 0.3) is 0 Å². The van der Waals surface area contributed by atoms with E-state index in [4.69, 9.17) is 15.0 Å². The zero-order valence-corrected chi connectivity index (χ0v) is 7.80. The Morgan fingerprint density at radius 2 is 2.47 bits per heavy atom. The van der Waals surface area contributed by atoms with Crippen LogP contribution in [0.4, 0.5) is 0 Å². The van der Waals surface area contributed by atoms with E-state index in [-0.39, 0.29) is 17.9 Å². The predicted molar refractivity (Wildman–Crippen MR) is 54.0 cm³/mol. The number of phenols is 1. The number of carbonyl (C=O) groups is 1. The maximum Gasteiger partial charge on any atom is 0.320 e. The third-order valence-corrected chi connectivity index (χ3v) is 1.91. The summed E-state index contributed by atoms with van der Waals surface area (Å²) in [6, 6.07) is 2.83. The number of carboxylic acids is 1. The molecule has 0 saturated carbocycles. The summed E-state index contributed by atoms with van der Waals surface area (Å²) in [7, 11) is -2.69. The van der Waals surface area contributed by atoms with Crippen LogP contribution < -0.4 is 10.5 Å². The first-order valence-electron chi connectivity index (χ1n) is 5.68. The first-order chi connectivity index (χ1) is 8.19. The topological polar surface area (TPSA) is 92.8 Å². The van der Waals surface area contributed by atoms with E-state index >= 15 is 0 Å². The van der Waals surface area contributed by atoms with Crippen molar-refractivity contribution in [1.29, 1.82) is 0 Å². The third-order valence-electron chi connectivity index (χ3n) is 1.91. The second-order valence-corrected chi connectivity index (χ2v) is 3.05. The van der Waals surface area contributed by atoms with Crippen LogP contribution in [0.3, 0.4) is 0 Å². The molecule has 1 aromatic carbocycles. The molecule has 0 aliphatic carbocycles. The lowest BCUT2D eigenvalue weighted by Crippen LogP contribution is -2.32. The lowest BCUT2D eigenvalue weighted by atomic mass is 10.1. The van der Waals surface area contributed by atoms with E-state index in [1.54, 1.807) is 0 Å². The Kier molecular flexibility index (Phi) is 2.34. The highest BCUT2D eigenvalue weighted by Crippen LogP contribution is 2.26. The molecule has 0 saturated heterocycles. The van der Waals surface area contributed by atoms with Crippen molar-refractivity contribution in [3.8, 4) is 11.5 Å². The molecule has 1 rings (SSSR count). The van der Waals surface area contributed by atoms with Gasteiger partial charge in [-0.15, -0.1) is 0 Å². The Morgan fingerprint density at radius 1 is 1.73 bits per heavy atom. The number of phenolic OH excluding ortho intramolecular Hbond substituents is 1. The van der Waals surface area contributed by atoms with Crippen molar-refractivity contribution >= 4 is 5.97 Å². The van der Waals surface area contributed by atoms with Gasteiger partial charge in [0.1, 0.15) is 6.04 Å². The molecule has 1 aromatic rings. The average molecular weight is 215 g/mol. The predicted octanol–water partition coefficient (Wildman–Crippen LogP) is 0.355. The van der Waals surface area contributed by atoms with Gasteiger partial charge in [0.15, 0.2) is 11.5 Å². The standard InChI is InChI=1S/C10H13NO4/c1-15-9-5-6(2-3-8(9)12)4-7(11)10(13)14/h2-3,5,7,12H,4,11H2,1H3,(H,13,14)/i1+1D3. The van der Waals surface area contributed by atoms with E-state index < -0.39 is 19.0 Å². The summed E-state index contributed by atoms with van der Waals surface area (Å²) in [5.41, 5.74) is 5.81. The van der Waals surface area contributed by atoms with E-state index in [1.807, 2.05) is 0 Å². The van der Waals surface area contributed by atoms with Crippen LogP contribution in [-0.4, -0.2) is 29.3 Å². The number of nitrogens with two attached hydrogens (primary N) is 1. The monoisotopic (exact) mass is 215 g/mol. The Hall–Kier alpha value is -1.75. The molecule has 15 heavy (non-hydrogen) atoms. The number of carboxylic acid groups (broad SMARTS) is 1. The molecule has 0 aliphatic heterocycles. The molecule has 5 heteroatoms. The van der Waals surface area contributed by atoms with Gasteiger partial charge in [-0.3, -0.25) is 4.79 Å². The molecule has 1 unspecified atom stereocenters. The van der Waals surface area contributed by atoms with Crippen molar-refractivity contribution in [3.63, 3.8) is 0 Å². The molecule has 0 aromatic heterocycles. The van der Waals surface area contributed by atoms with Crippen molar-refractivity contribution in [2.45, 2.75) is 12.5 Å². The summed E-state index contributed by atoms with van der Waals surface area (Å²) < 4.78 is 25.4. The van der Waals surface area contributed by atoms with Gasteiger partial charge in [-0.2, -0.15) is 0 Å². The number of hydrogen-bond donors (Lipinski definition) is 3. The summed E-state index contributed by atoms with van der Waals surface area (Å²) in [5.74, 6) is -1.73. The minimum atomic E-state index is -2.69. The molecule has 0 aliphatic rings. The molecule has 0 radical (unpaired) electrons. The largest absolute Gasteiger partial charge is 0.504 e. The Morgan fingerprint density at radius 3 is 3.07 bits per heavy atom. The lowest BCUT2D eigenvalue weighted by molar-refractivity contribution is -0.138. The van der Waals surface area contributed by atoms with Gasteiger partial charge in [-0.25, -0.2) is 0 Å². The van der Waals surface area contributed by atoms with Gasteiger partial charge in [0, 0.05) is 0 Å². The third kappa shape index (κ3) is 2.85. The molecule has 82 valence electrons. The first-order valence-corrected chi connectivity index (χ1v) is 4.18. The highest BCUT2D eigenvalue weighted by atomic mass is 16.5. The van der Waals surface area contributed by atoms with Gasteiger partial charge in [-0.1, -0.05) is 6.07 Å². The second kappa shape index (κ2) is 4.65. The fourth-order valence-corrected chi connectivity index (χ4v) is 1.11. The van der Waals surface area contributed by atoms with Gasteiger partial charge in [0.2, 0.25) is 0 Å². The molecule has 0 heterocycles. The number of aliphatic carboxylic acids is 1. The number of hydrogen-bond acceptors (Lipinski definition) is 4. The van der Waals surface area contributed by atoms with Crippen LogP contribution in [0, 0.1) is 0 Å². The van der Waals surface area contributed by atoms with Crippen molar-refractivity contribution in [1.82, 2.24) is 0 Å². The number of methoxy groups -OCH3 is 1. The molecule has 0 fully saturated rings. The maximum absolute atomic E-state index is 10.6. The van der Waals surface area contributed by atoms with Gasteiger partial charge in [-0.05, 0) is 24.1 Å². The minimum absolute atomic E-state index is 0.00692. The highest BCUT2D eigenvalue weighted by molar-refractivity contribution is 5.73. The van der Waals surface area contributed by atoms with Crippen molar-refractivity contribution < 1.29 is 23.9 Å². The molecule has 4 N–H and O–H groups in total. The summed E-state index contributed by atoms with van der Waals surface area (Å²) in [4.78, 5) is 10.6. The van der Waals surface area contributed by atoms with Crippen LogP contribution in [0.1, 0.15) is 9.68 Å². The number of ether oxygens (including phenoxy) is 1. The number of rotatable bonds is 4. The Labute approximate surface area is 91.3 Å². The summed E-state index contributed by atoms with van der Waals surface area (Å²) >= 11 is 0.